The minimum absolute atomic E-state index is 0.0320. The molecule has 0 atom stereocenters. The molecular weight excluding hydrogens is 406 g/mol. The molecule has 0 saturated heterocycles. The van der Waals surface area contributed by atoms with Gasteiger partial charge in [-0.1, -0.05) is 15.9 Å². The smallest absolute Gasteiger partial charge is 0.221 e. The molecule has 0 fully saturated rings. The third-order valence-electron chi connectivity index (χ3n) is 3.35. The van der Waals surface area contributed by atoms with Crippen LogP contribution in [0.5, 0.6) is 11.6 Å². The Bertz CT molecular complexity index is 980. The Morgan fingerprint density at radius 1 is 1.08 bits per heavy atom. The molecule has 0 saturated carbocycles. The third-order valence-corrected chi connectivity index (χ3v) is 3.81. The summed E-state index contributed by atoms with van der Waals surface area (Å²) in [5.41, 5.74) is 7.35. The Balaban J connectivity index is 1.87. The molecule has 26 heavy (non-hydrogen) atoms. The maximum absolute atomic E-state index is 13.9. The van der Waals surface area contributed by atoms with Crippen LogP contribution < -0.4 is 15.8 Å². The first kappa shape index (κ1) is 17.6. The first-order valence-electron chi connectivity index (χ1n) is 7.32. The van der Waals surface area contributed by atoms with Crippen LogP contribution >= 0.6 is 15.9 Å². The second-order valence-corrected chi connectivity index (χ2v) is 6.12. The van der Waals surface area contributed by atoms with Crippen LogP contribution in [0, 0.1) is 23.0 Å². The van der Waals surface area contributed by atoms with Crippen LogP contribution in [0.3, 0.4) is 0 Å². The number of hydrogen-bond acceptors (Lipinski definition) is 5. The van der Waals surface area contributed by atoms with Crippen molar-refractivity contribution in [1.29, 1.82) is 5.26 Å². The van der Waals surface area contributed by atoms with Gasteiger partial charge in [0.25, 0.3) is 0 Å². The largest absolute Gasteiger partial charge is 0.433 e. The highest BCUT2D eigenvalue weighted by Gasteiger charge is 2.14. The maximum atomic E-state index is 13.9. The average Bonchev–Trinajstić information content (AvgIpc) is 2.61. The number of pyridine rings is 1. The Labute approximate surface area is 156 Å². The van der Waals surface area contributed by atoms with Gasteiger partial charge >= 0.3 is 0 Å². The molecule has 8 heteroatoms. The zero-order chi connectivity index (χ0) is 18.7. The number of halogens is 3. The topological polar surface area (TPSA) is 84.0 Å². The lowest BCUT2D eigenvalue weighted by molar-refractivity contribution is 0.396. The SMILES string of the molecule is N#Cc1ccc(Nc2nc(Oc3c(F)cc(Br)cc3F)ccc2N)cc1. The van der Waals surface area contributed by atoms with Crippen molar-refractivity contribution in [3.63, 3.8) is 0 Å². The van der Waals surface area contributed by atoms with Crippen LogP contribution in [0.1, 0.15) is 5.56 Å². The van der Waals surface area contributed by atoms with Gasteiger partial charge < -0.3 is 15.8 Å². The summed E-state index contributed by atoms with van der Waals surface area (Å²) in [5.74, 6) is -2.07. The van der Waals surface area contributed by atoms with Gasteiger partial charge in [-0.25, -0.2) is 8.78 Å². The second kappa shape index (κ2) is 7.37. The van der Waals surface area contributed by atoms with Crippen molar-refractivity contribution in [2.45, 2.75) is 0 Å². The fourth-order valence-electron chi connectivity index (χ4n) is 2.10. The molecular formula is C18H11BrF2N4O. The van der Waals surface area contributed by atoms with Crippen LogP contribution in [0.2, 0.25) is 0 Å². The van der Waals surface area contributed by atoms with Gasteiger partial charge in [0, 0.05) is 16.2 Å². The Morgan fingerprint density at radius 2 is 1.73 bits per heavy atom. The van der Waals surface area contributed by atoms with Crippen LogP contribution in [-0.2, 0) is 0 Å². The van der Waals surface area contributed by atoms with Crippen molar-refractivity contribution < 1.29 is 13.5 Å². The number of nitrogens with two attached hydrogens (primary N) is 1. The van der Waals surface area contributed by atoms with Gasteiger partial charge in [0.05, 0.1) is 17.3 Å². The van der Waals surface area contributed by atoms with Gasteiger partial charge in [-0.3, -0.25) is 0 Å². The molecule has 130 valence electrons. The molecule has 0 bridgehead atoms. The Hall–Kier alpha value is -3.18. The fourth-order valence-corrected chi connectivity index (χ4v) is 2.51. The summed E-state index contributed by atoms with van der Waals surface area (Å²) in [6, 6.07) is 13.7. The van der Waals surface area contributed by atoms with E-state index in [1.54, 1.807) is 24.3 Å². The molecule has 0 aliphatic carbocycles. The summed E-state index contributed by atoms with van der Waals surface area (Å²) in [6.07, 6.45) is 0. The third kappa shape index (κ3) is 3.90. The fraction of sp³-hybridized carbons (Fsp3) is 0. The summed E-state index contributed by atoms with van der Waals surface area (Å²) in [6.45, 7) is 0. The number of nitrogen functional groups attached to an aromatic ring is 1. The molecule has 1 heterocycles. The van der Waals surface area contributed by atoms with Gasteiger partial charge in [0.2, 0.25) is 11.6 Å². The first-order valence-corrected chi connectivity index (χ1v) is 8.11. The quantitative estimate of drug-likeness (QED) is 0.616. The highest BCUT2D eigenvalue weighted by atomic mass is 79.9. The monoisotopic (exact) mass is 416 g/mol. The van der Waals surface area contributed by atoms with E-state index in [0.29, 0.717) is 16.9 Å². The van der Waals surface area contributed by atoms with E-state index < -0.39 is 17.4 Å². The summed E-state index contributed by atoms with van der Waals surface area (Å²) in [4.78, 5) is 4.14. The molecule has 1 aromatic heterocycles. The molecule has 3 N–H and O–H groups in total. The van der Waals surface area contributed by atoms with Crippen molar-refractivity contribution in [2.75, 3.05) is 11.1 Å². The van der Waals surface area contributed by atoms with Gasteiger partial charge in [-0.2, -0.15) is 10.2 Å². The van der Waals surface area contributed by atoms with Crippen molar-refractivity contribution in [3.05, 3.63) is 70.2 Å². The van der Waals surface area contributed by atoms with E-state index in [1.807, 2.05) is 6.07 Å². The molecule has 0 spiro atoms. The number of nitrogens with zero attached hydrogens (tertiary/aromatic N) is 2. The highest BCUT2D eigenvalue weighted by Crippen LogP contribution is 2.31. The maximum Gasteiger partial charge on any atom is 0.221 e. The first-order chi connectivity index (χ1) is 12.5. The van der Waals surface area contributed by atoms with Gasteiger partial charge in [-0.15, -0.1) is 0 Å². The number of ether oxygens (including phenoxy) is 1. The number of rotatable bonds is 4. The van der Waals surface area contributed by atoms with Crippen molar-refractivity contribution in [1.82, 2.24) is 4.98 Å². The summed E-state index contributed by atoms with van der Waals surface area (Å²) >= 11 is 3.00. The molecule has 0 unspecified atom stereocenters. The molecule has 2 aromatic carbocycles. The molecule has 0 amide bonds. The average molecular weight is 417 g/mol. The predicted molar refractivity (Wildman–Crippen MR) is 97.2 cm³/mol. The van der Waals surface area contributed by atoms with Gasteiger partial charge in [0.1, 0.15) is 0 Å². The lowest BCUT2D eigenvalue weighted by Gasteiger charge is -2.12. The van der Waals surface area contributed by atoms with Crippen LogP contribution in [-0.4, -0.2) is 4.98 Å². The van der Waals surface area contributed by atoms with E-state index in [9.17, 15) is 8.78 Å². The van der Waals surface area contributed by atoms with E-state index in [0.717, 1.165) is 12.1 Å². The minimum atomic E-state index is -0.864. The normalized spacial score (nSPS) is 10.2. The zero-order valence-electron chi connectivity index (χ0n) is 13.1. The molecule has 3 aromatic rings. The second-order valence-electron chi connectivity index (χ2n) is 5.20. The molecule has 5 nitrogen and oxygen atoms in total. The Morgan fingerprint density at radius 3 is 2.35 bits per heavy atom. The van der Waals surface area contributed by atoms with Crippen molar-refractivity contribution >= 4 is 33.1 Å². The minimum Gasteiger partial charge on any atom is -0.433 e. The lowest BCUT2D eigenvalue weighted by Crippen LogP contribution is -2.01. The van der Waals surface area contributed by atoms with Gasteiger partial charge in [-0.05, 0) is 42.5 Å². The van der Waals surface area contributed by atoms with E-state index >= 15 is 0 Å². The number of benzene rings is 2. The van der Waals surface area contributed by atoms with Gasteiger partial charge in [0.15, 0.2) is 17.5 Å². The summed E-state index contributed by atoms with van der Waals surface area (Å²) < 4.78 is 33.3. The molecule has 0 radical (unpaired) electrons. The highest BCUT2D eigenvalue weighted by molar-refractivity contribution is 9.10. The number of aromatic nitrogens is 1. The van der Waals surface area contributed by atoms with Crippen LogP contribution in [0.15, 0.2) is 53.0 Å². The predicted octanol–water partition coefficient (Wildman–Crippen LogP) is 5.11. The molecule has 0 aliphatic heterocycles. The summed E-state index contributed by atoms with van der Waals surface area (Å²) in [7, 11) is 0. The number of nitrogens with one attached hydrogen (secondary N) is 1. The van der Waals surface area contributed by atoms with Crippen LogP contribution in [0.25, 0.3) is 0 Å². The van der Waals surface area contributed by atoms with E-state index in [2.05, 4.69) is 26.2 Å². The van der Waals surface area contributed by atoms with Crippen molar-refractivity contribution in [3.8, 4) is 17.7 Å². The number of nitriles is 1. The zero-order valence-corrected chi connectivity index (χ0v) is 14.7. The lowest BCUT2D eigenvalue weighted by atomic mass is 10.2. The summed E-state index contributed by atoms with van der Waals surface area (Å²) in [5, 5.41) is 11.8. The Kier molecular flexibility index (Phi) is 5.00. The van der Waals surface area contributed by atoms with E-state index in [1.165, 1.54) is 12.1 Å². The van der Waals surface area contributed by atoms with E-state index in [-0.39, 0.29) is 16.2 Å². The molecule has 0 aliphatic rings. The van der Waals surface area contributed by atoms with Crippen molar-refractivity contribution in [2.24, 2.45) is 0 Å². The number of anilines is 3. The molecule has 3 rings (SSSR count). The van der Waals surface area contributed by atoms with Crippen LogP contribution in [0.4, 0.5) is 26.0 Å². The number of hydrogen-bond donors (Lipinski definition) is 2. The van der Waals surface area contributed by atoms with E-state index in [4.69, 9.17) is 15.7 Å². The standard InChI is InChI=1S/C18H11BrF2N4O/c19-11-7-13(20)17(14(21)8-11)26-16-6-5-15(23)18(25-16)24-12-3-1-10(9-22)2-4-12/h1-8H,23H2,(H,24,25).